The number of aromatic nitrogens is 2. The summed E-state index contributed by atoms with van der Waals surface area (Å²) in [5.41, 5.74) is 6.01. The number of fused-ring (bicyclic) bond motifs is 1. The Labute approximate surface area is 210 Å². The number of carbonyl (C=O) groups is 1. The van der Waals surface area contributed by atoms with Gasteiger partial charge in [-0.15, -0.1) is 0 Å². The maximum atomic E-state index is 12.9. The fourth-order valence-electron chi connectivity index (χ4n) is 4.74. The van der Waals surface area contributed by atoms with Crippen molar-refractivity contribution in [3.63, 3.8) is 0 Å². The van der Waals surface area contributed by atoms with Crippen LogP contribution in [0.25, 0.3) is 16.9 Å². The third-order valence-electron chi connectivity index (χ3n) is 6.50. The number of hydrogen-bond donors (Lipinski definition) is 1. The normalized spacial score (nSPS) is 14.7. The Hall–Kier alpha value is -4.64. The summed E-state index contributed by atoms with van der Waals surface area (Å²) in [4.78, 5) is 12.9. The molecule has 1 N–H and O–H groups in total. The molecule has 1 atom stereocenters. The summed E-state index contributed by atoms with van der Waals surface area (Å²) in [5, 5.41) is 8.10. The molecule has 0 bridgehead atoms. The number of benzene rings is 4. The number of carbonyl (C=O) groups excluding carboxylic acids is 1. The van der Waals surface area contributed by atoms with Crippen molar-refractivity contribution in [2.45, 2.75) is 18.9 Å². The van der Waals surface area contributed by atoms with Gasteiger partial charge in [-0.05, 0) is 35.4 Å². The third kappa shape index (κ3) is 4.27. The van der Waals surface area contributed by atoms with E-state index in [2.05, 4.69) is 29.6 Å². The number of rotatable bonds is 6. The first-order valence-electron chi connectivity index (χ1n) is 12.1. The van der Waals surface area contributed by atoms with Crippen molar-refractivity contribution >= 4 is 11.7 Å². The highest BCUT2D eigenvalue weighted by Gasteiger charge is 2.34. The minimum absolute atomic E-state index is 0.0198. The first-order valence-corrected chi connectivity index (χ1v) is 12.1. The summed E-state index contributed by atoms with van der Waals surface area (Å²) >= 11 is 0. The van der Waals surface area contributed by atoms with E-state index in [9.17, 15) is 4.79 Å². The van der Waals surface area contributed by atoms with Crippen molar-refractivity contribution in [1.82, 2.24) is 9.78 Å². The van der Waals surface area contributed by atoms with Gasteiger partial charge in [-0.1, -0.05) is 91.0 Å². The van der Waals surface area contributed by atoms with Crippen LogP contribution < -0.4 is 10.1 Å². The Bertz CT molecular complexity index is 1480. The van der Waals surface area contributed by atoms with Gasteiger partial charge in [-0.25, -0.2) is 4.68 Å². The van der Waals surface area contributed by atoms with Gasteiger partial charge in [0.15, 0.2) is 0 Å². The molecule has 1 aromatic heterocycles. The minimum atomic E-state index is -0.121. The van der Waals surface area contributed by atoms with Crippen LogP contribution in [0.1, 0.15) is 29.0 Å². The van der Waals surface area contributed by atoms with Crippen molar-refractivity contribution in [2.75, 3.05) is 5.32 Å². The quantitative estimate of drug-likeness (QED) is 0.304. The van der Waals surface area contributed by atoms with Gasteiger partial charge in [0.25, 0.3) is 0 Å². The zero-order chi connectivity index (χ0) is 24.3. The average Bonchev–Trinajstić information content (AvgIpc) is 3.33. The molecule has 176 valence electrons. The van der Waals surface area contributed by atoms with E-state index in [1.807, 2.05) is 95.7 Å². The maximum Gasteiger partial charge on any atom is 0.226 e. The highest BCUT2D eigenvalue weighted by atomic mass is 16.5. The van der Waals surface area contributed by atoms with Crippen LogP contribution in [0.3, 0.4) is 0 Å². The first kappa shape index (κ1) is 21.9. The Morgan fingerprint density at radius 2 is 1.44 bits per heavy atom. The lowest BCUT2D eigenvalue weighted by Gasteiger charge is -2.25. The lowest BCUT2D eigenvalue weighted by molar-refractivity contribution is -0.116. The molecule has 5 aromatic rings. The Morgan fingerprint density at radius 3 is 2.14 bits per heavy atom. The molecule has 1 amide bonds. The Kier molecular flexibility index (Phi) is 5.80. The largest absolute Gasteiger partial charge is 0.489 e. The summed E-state index contributed by atoms with van der Waals surface area (Å²) in [6, 6.07) is 38.2. The summed E-state index contributed by atoms with van der Waals surface area (Å²) < 4.78 is 7.83. The lowest BCUT2D eigenvalue weighted by atomic mass is 9.84. The summed E-state index contributed by atoms with van der Waals surface area (Å²) in [5.74, 6) is 1.38. The minimum Gasteiger partial charge on any atom is -0.489 e. The van der Waals surface area contributed by atoms with Crippen molar-refractivity contribution < 1.29 is 9.53 Å². The van der Waals surface area contributed by atoms with Crippen molar-refractivity contribution in [3.05, 3.63) is 132 Å². The molecule has 0 aliphatic carbocycles. The van der Waals surface area contributed by atoms with Crippen LogP contribution >= 0.6 is 0 Å². The van der Waals surface area contributed by atoms with E-state index in [1.165, 1.54) is 0 Å². The van der Waals surface area contributed by atoms with Crippen molar-refractivity contribution in [2.24, 2.45) is 0 Å². The Morgan fingerprint density at radius 1 is 0.806 bits per heavy atom. The molecule has 36 heavy (non-hydrogen) atoms. The SMILES string of the molecule is O=C1CC(c2ccc(OCc3ccccc3)cc2)c2c(-c3ccccc3)nn(-c3ccccc3)c2N1. The summed E-state index contributed by atoms with van der Waals surface area (Å²) in [6.07, 6.45) is 0.359. The fraction of sp³-hybridized carbons (Fsp3) is 0.0968. The Balaban J connectivity index is 1.39. The molecule has 1 aliphatic heterocycles. The van der Waals surface area contributed by atoms with Crippen LogP contribution in [0, 0.1) is 0 Å². The van der Waals surface area contributed by atoms with Crippen LogP contribution in [-0.2, 0) is 11.4 Å². The second kappa shape index (κ2) is 9.55. The highest BCUT2D eigenvalue weighted by Crippen LogP contribution is 2.44. The van der Waals surface area contributed by atoms with Gasteiger partial charge in [-0.3, -0.25) is 4.79 Å². The van der Waals surface area contributed by atoms with Crippen LogP contribution in [0.15, 0.2) is 115 Å². The molecule has 0 saturated heterocycles. The molecule has 5 nitrogen and oxygen atoms in total. The molecule has 0 fully saturated rings. The van der Waals surface area contributed by atoms with E-state index in [-0.39, 0.29) is 11.8 Å². The van der Waals surface area contributed by atoms with Crippen molar-refractivity contribution in [1.29, 1.82) is 0 Å². The van der Waals surface area contributed by atoms with E-state index in [1.54, 1.807) is 0 Å². The van der Waals surface area contributed by atoms with E-state index in [0.717, 1.165) is 45.2 Å². The van der Waals surface area contributed by atoms with E-state index in [4.69, 9.17) is 9.84 Å². The lowest BCUT2D eigenvalue weighted by Crippen LogP contribution is -2.24. The van der Waals surface area contributed by atoms with E-state index < -0.39 is 0 Å². The number of ether oxygens (including phenoxy) is 1. The second-order valence-electron chi connectivity index (χ2n) is 8.87. The van der Waals surface area contributed by atoms with Crippen LogP contribution in [0.2, 0.25) is 0 Å². The molecule has 6 rings (SSSR count). The van der Waals surface area contributed by atoms with E-state index in [0.29, 0.717) is 13.0 Å². The van der Waals surface area contributed by atoms with Gasteiger partial charge in [0.05, 0.1) is 11.4 Å². The fourth-order valence-corrected chi connectivity index (χ4v) is 4.74. The van der Waals surface area contributed by atoms with E-state index >= 15 is 0 Å². The summed E-state index contributed by atoms with van der Waals surface area (Å²) in [6.45, 7) is 0.512. The van der Waals surface area contributed by atoms with Crippen molar-refractivity contribution in [3.8, 4) is 22.7 Å². The second-order valence-corrected chi connectivity index (χ2v) is 8.87. The zero-order valence-corrected chi connectivity index (χ0v) is 19.7. The van der Waals surface area contributed by atoms with Crippen LogP contribution in [0.4, 0.5) is 5.82 Å². The molecule has 0 saturated carbocycles. The summed E-state index contributed by atoms with van der Waals surface area (Å²) in [7, 11) is 0. The standard InChI is InChI=1S/C31H25N3O2/c35-28-20-27(23-16-18-26(19-17-23)36-21-22-10-4-1-5-11-22)29-30(24-12-6-2-7-13-24)33-34(31(29)32-28)25-14-8-3-9-15-25/h1-19,27H,20-21H2,(H,32,35). The molecule has 2 heterocycles. The van der Waals surface area contributed by atoms with Gasteiger partial charge in [0, 0.05) is 23.5 Å². The molecule has 4 aromatic carbocycles. The maximum absolute atomic E-state index is 12.9. The van der Waals surface area contributed by atoms with Gasteiger partial charge < -0.3 is 10.1 Å². The van der Waals surface area contributed by atoms with Crippen LogP contribution in [-0.4, -0.2) is 15.7 Å². The first-order chi connectivity index (χ1) is 17.8. The van der Waals surface area contributed by atoms with Gasteiger partial charge >= 0.3 is 0 Å². The number of hydrogen-bond acceptors (Lipinski definition) is 3. The highest BCUT2D eigenvalue weighted by molar-refractivity contribution is 5.96. The monoisotopic (exact) mass is 471 g/mol. The average molecular weight is 472 g/mol. The number of anilines is 1. The molecular weight excluding hydrogens is 446 g/mol. The number of nitrogens with one attached hydrogen (secondary N) is 1. The number of nitrogens with zero attached hydrogens (tertiary/aromatic N) is 2. The van der Waals surface area contributed by atoms with Gasteiger partial charge in [0.2, 0.25) is 5.91 Å². The number of amides is 1. The topological polar surface area (TPSA) is 56.1 Å². The molecule has 1 unspecified atom stereocenters. The molecule has 5 heteroatoms. The smallest absolute Gasteiger partial charge is 0.226 e. The van der Waals surface area contributed by atoms with Gasteiger partial charge in [0.1, 0.15) is 18.2 Å². The molecule has 0 radical (unpaired) electrons. The van der Waals surface area contributed by atoms with Gasteiger partial charge in [-0.2, -0.15) is 5.10 Å². The number of para-hydroxylation sites is 1. The third-order valence-corrected chi connectivity index (χ3v) is 6.50. The molecule has 0 spiro atoms. The predicted octanol–water partition coefficient (Wildman–Crippen LogP) is 6.59. The zero-order valence-electron chi connectivity index (χ0n) is 19.7. The predicted molar refractivity (Wildman–Crippen MR) is 141 cm³/mol. The molecule has 1 aliphatic rings. The van der Waals surface area contributed by atoms with Crippen LogP contribution in [0.5, 0.6) is 5.75 Å². The molecular formula is C31H25N3O2.